The molecule has 0 N–H and O–H groups in total. The third-order valence-electron chi connectivity index (χ3n) is 7.87. The third kappa shape index (κ3) is 4.68. The number of imide groups is 1. The zero-order valence-electron chi connectivity index (χ0n) is 20.7. The summed E-state index contributed by atoms with van der Waals surface area (Å²) in [5.41, 5.74) is -0.475. The number of aromatic nitrogens is 1. The van der Waals surface area contributed by atoms with Crippen LogP contribution in [0, 0.1) is 0 Å². The Morgan fingerprint density at radius 1 is 1.03 bits per heavy atom. The fraction of sp³-hybridized carbons (Fsp3) is 0.500. The Labute approximate surface area is 211 Å². The van der Waals surface area contributed by atoms with Gasteiger partial charge in [0.05, 0.1) is 18.7 Å². The van der Waals surface area contributed by atoms with Gasteiger partial charge >= 0.3 is 0 Å². The number of pyridine rings is 1. The van der Waals surface area contributed by atoms with Gasteiger partial charge in [0.25, 0.3) is 0 Å². The molecule has 5 rings (SSSR count). The lowest BCUT2D eigenvalue weighted by atomic mass is 9.75. The van der Waals surface area contributed by atoms with E-state index in [1.54, 1.807) is 31.6 Å². The van der Waals surface area contributed by atoms with E-state index < -0.39 is 5.41 Å². The largest absolute Gasteiger partial charge is 0.497 e. The number of hydrogen-bond donors (Lipinski definition) is 0. The first kappa shape index (κ1) is 24.3. The number of rotatable bonds is 7. The monoisotopic (exact) mass is 491 g/mol. The highest BCUT2D eigenvalue weighted by molar-refractivity contribution is 6.11. The molecule has 0 unspecified atom stereocenters. The summed E-state index contributed by atoms with van der Waals surface area (Å²) in [7, 11) is 1.59. The fourth-order valence-electron chi connectivity index (χ4n) is 5.87. The quantitative estimate of drug-likeness (QED) is 0.551. The van der Waals surface area contributed by atoms with E-state index in [1.807, 2.05) is 29.2 Å². The van der Waals surface area contributed by atoms with Crippen molar-refractivity contribution in [1.29, 1.82) is 0 Å². The van der Waals surface area contributed by atoms with Crippen molar-refractivity contribution in [3.63, 3.8) is 0 Å². The van der Waals surface area contributed by atoms with Crippen molar-refractivity contribution < 1.29 is 23.9 Å². The van der Waals surface area contributed by atoms with Crippen molar-refractivity contribution in [2.45, 2.75) is 68.9 Å². The predicted octanol–water partition coefficient (Wildman–Crippen LogP) is 3.49. The minimum absolute atomic E-state index is 0.0126. The lowest BCUT2D eigenvalue weighted by molar-refractivity contribution is -0.145. The first-order valence-electron chi connectivity index (χ1n) is 12.9. The highest BCUT2D eigenvalue weighted by atomic mass is 16.5. The van der Waals surface area contributed by atoms with Gasteiger partial charge in [-0.05, 0) is 42.7 Å². The SMILES string of the molecule is COc1ccc([C@@]2(CC(=O)N3CCC(Oc4cccnc4)CC3)CC(=O)N(C3CCCC3)C2=O)cc1. The number of piperidine rings is 1. The Kier molecular flexibility index (Phi) is 6.94. The zero-order valence-corrected chi connectivity index (χ0v) is 20.7. The summed E-state index contributed by atoms with van der Waals surface area (Å²) in [6.45, 7) is 1.11. The Morgan fingerprint density at radius 3 is 2.39 bits per heavy atom. The van der Waals surface area contributed by atoms with E-state index in [2.05, 4.69) is 4.98 Å². The molecule has 3 fully saturated rings. The number of carbonyl (C=O) groups excluding carboxylic acids is 3. The second kappa shape index (κ2) is 10.3. The Bertz CT molecular complexity index is 1090. The summed E-state index contributed by atoms with van der Waals surface area (Å²) in [4.78, 5) is 48.1. The highest BCUT2D eigenvalue weighted by Gasteiger charge is 2.56. The smallest absolute Gasteiger partial charge is 0.241 e. The number of amides is 3. The lowest BCUT2D eigenvalue weighted by Gasteiger charge is -2.35. The molecular formula is C28H33N3O5. The van der Waals surface area contributed by atoms with E-state index in [-0.39, 0.29) is 42.7 Å². The van der Waals surface area contributed by atoms with Crippen LogP contribution in [0.15, 0.2) is 48.8 Å². The molecule has 1 atom stereocenters. The minimum atomic E-state index is -1.17. The van der Waals surface area contributed by atoms with Gasteiger partial charge < -0.3 is 14.4 Å². The van der Waals surface area contributed by atoms with Crippen LogP contribution < -0.4 is 9.47 Å². The van der Waals surface area contributed by atoms with Crippen LogP contribution in [0.3, 0.4) is 0 Å². The lowest BCUT2D eigenvalue weighted by Crippen LogP contribution is -2.47. The van der Waals surface area contributed by atoms with Gasteiger partial charge in [-0.2, -0.15) is 0 Å². The maximum absolute atomic E-state index is 13.9. The van der Waals surface area contributed by atoms with Gasteiger partial charge in [0.2, 0.25) is 17.7 Å². The topological polar surface area (TPSA) is 89.0 Å². The second-order valence-electron chi connectivity index (χ2n) is 10.1. The van der Waals surface area contributed by atoms with Gasteiger partial charge in [-0.25, -0.2) is 0 Å². The third-order valence-corrected chi connectivity index (χ3v) is 7.87. The van der Waals surface area contributed by atoms with E-state index in [1.165, 1.54) is 4.90 Å². The maximum Gasteiger partial charge on any atom is 0.241 e. The van der Waals surface area contributed by atoms with Gasteiger partial charge in [-0.3, -0.25) is 24.3 Å². The van der Waals surface area contributed by atoms with Crippen molar-refractivity contribution in [2.75, 3.05) is 20.2 Å². The van der Waals surface area contributed by atoms with Crippen molar-refractivity contribution in [1.82, 2.24) is 14.8 Å². The van der Waals surface area contributed by atoms with E-state index in [9.17, 15) is 14.4 Å². The molecule has 3 heterocycles. The predicted molar refractivity (Wildman–Crippen MR) is 132 cm³/mol. The molecule has 36 heavy (non-hydrogen) atoms. The molecule has 0 spiro atoms. The number of hydrogen-bond acceptors (Lipinski definition) is 6. The first-order chi connectivity index (χ1) is 17.5. The zero-order chi connectivity index (χ0) is 25.1. The summed E-state index contributed by atoms with van der Waals surface area (Å²) < 4.78 is 11.3. The van der Waals surface area contributed by atoms with Gasteiger partial charge in [0.1, 0.15) is 17.6 Å². The van der Waals surface area contributed by atoms with Crippen LogP contribution in [0.5, 0.6) is 11.5 Å². The second-order valence-corrected chi connectivity index (χ2v) is 10.1. The van der Waals surface area contributed by atoms with Crippen molar-refractivity contribution >= 4 is 17.7 Å². The molecular weight excluding hydrogens is 458 g/mol. The Hall–Kier alpha value is -3.42. The normalized spacial score (nSPS) is 23.4. The van der Waals surface area contributed by atoms with E-state index in [0.717, 1.165) is 31.4 Å². The molecule has 0 bridgehead atoms. The summed E-state index contributed by atoms with van der Waals surface area (Å²) in [6.07, 6.45) is 8.56. The minimum Gasteiger partial charge on any atom is -0.497 e. The van der Waals surface area contributed by atoms with Gasteiger partial charge in [-0.15, -0.1) is 0 Å². The molecule has 3 aliphatic rings. The Balaban J connectivity index is 1.33. The number of benzene rings is 1. The van der Waals surface area contributed by atoms with Gasteiger partial charge in [-0.1, -0.05) is 25.0 Å². The van der Waals surface area contributed by atoms with Crippen LogP contribution in [0.25, 0.3) is 0 Å². The maximum atomic E-state index is 13.9. The summed E-state index contributed by atoms with van der Waals surface area (Å²) >= 11 is 0. The number of likely N-dealkylation sites (tertiary alicyclic amines) is 2. The number of carbonyl (C=O) groups is 3. The van der Waals surface area contributed by atoms with E-state index in [4.69, 9.17) is 9.47 Å². The molecule has 8 nitrogen and oxygen atoms in total. The van der Waals surface area contributed by atoms with E-state index >= 15 is 0 Å². The van der Waals surface area contributed by atoms with Crippen LogP contribution in [0.4, 0.5) is 0 Å². The van der Waals surface area contributed by atoms with Gasteiger partial charge in [0, 0.05) is 51.0 Å². The van der Waals surface area contributed by atoms with Crippen molar-refractivity contribution in [3.8, 4) is 11.5 Å². The highest BCUT2D eigenvalue weighted by Crippen LogP contribution is 2.43. The average Bonchev–Trinajstić information content (AvgIpc) is 3.51. The van der Waals surface area contributed by atoms with Crippen LogP contribution in [0.1, 0.15) is 56.9 Å². The van der Waals surface area contributed by atoms with Crippen molar-refractivity contribution in [3.05, 3.63) is 54.4 Å². The van der Waals surface area contributed by atoms with Crippen LogP contribution in [0.2, 0.25) is 0 Å². The molecule has 2 aromatic rings. The molecule has 2 saturated heterocycles. The molecule has 1 aliphatic carbocycles. The standard InChI is InChI=1S/C28H33N3O5/c1-35-22-10-8-20(9-11-22)28(18-26(33)31(27(28)34)21-5-2-3-6-21)17-25(32)30-15-12-23(13-16-30)36-24-7-4-14-29-19-24/h4,7-11,14,19,21,23H,2-3,5-6,12-13,15-18H2,1H3/t28-/m1/s1. The van der Waals surface area contributed by atoms with Crippen LogP contribution >= 0.6 is 0 Å². The first-order valence-corrected chi connectivity index (χ1v) is 12.9. The molecule has 3 amide bonds. The number of methoxy groups -OCH3 is 1. The summed E-state index contributed by atoms with van der Waals surface area (Å²) in [5.74, 6) is 0.898. The molecule has 190 valence electrons. The van der Waals surface area contributed by atoms with Crippen molar-refractivity contribution in [2.24, 2.45) is 0 Å². The Morgan fingerprint density at radius 2 is 1.75 bits per heavy atom. The molecule has 1 aromatic carbocycles. The molecule has 1 aromatic heterocycles. The molecule has 2 aliphatic heterocycles. The average molecular weight is 492 g/mol. The van der Waals surface area contributed by atoms with Crippen LogP contribution in [-0.2, 0) is 19.8 Å². The molecule has 0 radical (unpaired) electrons. The fourth-order valence-corrected chi connectivity index (χ4v) is 5.87. The van der Waals surface area contributed by atoms with Gasteiger partial charge in [0.15, 0.2) is 0 Å². The van der Waals surface area contributed by atoms with Crippen LogP contribution in [-0.4, -0.2) is 64.9 Å². The van der Waals surface area contributed by atoms with E-state index in [0.29, 0.717) is 37.2 Å². The number of ether oxygens (including phenoxy) is 2. The molecule has 1 saturated carbocycles. The summed E-state index contributed by atoms with van der Waals surface area (Å²) in [5, 5.41) is 0. The number of nitrogens with zero attached hydrogens (tertiary/aromatic N) is 3. The summed E-state index contributed by atoms with van der Waals surface area (Å²) in [6, 6.07) is 10.9. The molecule has 8 heteroatoms.